The standard InChI is InChI=1S/C9H3ClN2O/c10-9(13)8-2-6(4-11)1-7(3-8)5-12/h1-3H. The molecule has 4 heteroatoms. The van der Waals surface area contributed by atoms with Gasteiger partial charge in [-0.3, -0.25) is 4.79 Å². The molecule has 0 radical (unpaired) electrons. The minimum absolute atomic E-state index is 0.164. The van der Waals surface area contributed by atoms with Gasteiger partial charge in [0.15, 0.2) is 0 Å². The van der Waals surface area contributed by atoms with E-state index >= 15 is 0 Å². The van der Waals surface area contributed by atoms with Gasteiger partial charge in [-0.2, -0.15) is 10.5 Å². The van der Waals surface area contributed by atoms with E-state index in [9.17, 15) is 4.79 Å². The van der Waals surface area contributed by atoms with Crippen molar-refractivity contribution in [2.24, 2.45) is 0 Å². The number of carbonyl (C=O) groups excluding carboxylic acids is 1. The highest BCUT2D eigenvalue weighted by atomic mass is 35.5. The van der Waals surface area contributed by atoms with Crippen molar-refractivity contribution in [3.8, 4) is 12.1 Å². The molecular formula is C9H3ClN2O. The first kappa shape index (κ1) is 9.25. The molecule has 0 bridgehead atoms. The number of rotatable bonds is 1. The maximum Gasteiger partial charge on any atom is 0.252 e. The third-order valence-electron chi connectivity index (χ3n) is 1.42. The second-order valence-electron chi connectivity index (χ2n) is 2.30. The molecule has 0 spiro atoms. The van der Waals surface area contributed by atoms with E-state index in [2.05, 4.69) is 0 Å². The van der Waals surface area contributed by atoms with Crippen molar-refractivity contribution in [2.45, 2.75) is 0 Å². The van der Waals surface area contributed by atoms with Gasteiger partial charge in [-0.05, 0) is 29.8 Å². The molecule has 0 unspecified atom stereocenters. The molecule has 0 fully saturated rings. The molecule has 13 heavy (non-hydrogen) atoms. The maximum absolute atomic E-state index is 10.7. The van der Waals surface area contributed by atoms with Crippen molar-refractivity contribution >= 4 is 16.8 Å². The van der Waals surface area contributed by atoms with E-state index in [1.165, 1.54) is 18.2 Å². The number of hydrogen-bond donors (Lipinski definition) is 0. The Hall–Kier alpha value is -1.84. The highest BCUT2D eigenvalue weighted by Crippen LogP contribution is 2.11. The molecule has 0 saturated heterocycles. The monoisotopic (exact) mass is 190 g/mol. The fourth-order valence-electron chi connectivity index (χ4n) is 0.870. The van der Waals surface area contributed by atoms with Crippen LogP contribution in [0.15, 0.2) is 18.2 Å². The zero-order valence-electron chi connectivity index (χ0n) is 6.41. The van der Waals surface area contributed by atoms with Crippen LogP contribution in [0.1, 0.15) is 21.5 Å². The topological polar surface area (TPSA) is 64.7 Å². The van der Waals surface area contributed by atoms with E-state index in [4.69, 9.17) is 22.1 Å². The van der Waals surface area contributed by atoms with Crippen LogP contribution >= 0.6 is 11.6 Å². The Bertz CT molecular complexity index is 408. The minimum Gasteiger partial charge on any atom is -0.276 e. The number of nitrogens with zero attached hydrogens (tertiary/aromatic N) is 2. The van der Waals surface area contributed by atoms with Crippen molar-refractivity contribution in [2.75, 3.05) is 0 Å². The van der Waals surface area contributed by atoms with Gasteiger partial charge in [-0.25, -0.2) is 0 Å². The van der Waals surface area contributed by atoms with Crippen LogP contribution in [0.5, 0.6) is 0 Å². The summed E-state index contributed by atoms with van der Waals surface area (Å²) >= 11 is 5.20. The summed E-state index contributed by atoms with van der Waals surface area (Å²) < 4.78 is 0. The van der Waals surface area contributed by atoms with E-state index < -0.39 is 5.24 Å². The molecule has 0 amide bonds. The lowest BCUT2D eigenvalue weighted by molar-refractivity contribution is 0.108. The van der Waals surface area contributed by atoms with Gasteiger partial charge in [0.05, 0.1) is 23.3 Å². The van der Waals surface area contributed by atoms with Crippen LogP contribution in [0.25, 0.3) is 0 Å². The quantitative estimate of drug-likeness (QED) is 0.635. The van der Waals surface area contributed by atoms with E-state index in [0.29, 0.717) is 0 Å². The lowest BCUT2D eigenvalue weighted by atomic mass is 10.1. The fourth-order valence-corrected chi connectivity index (χ4v) is 0.979. The second-order valence-corrected chi connectivity index (χ2v) is 2.64. The van der Waals surface area contributed by atoms with E-state index in [0.717, 1.165) is 0 Å². The van der Waals surface area contributed by atoms with Gasteiger partial charge >= 0.3 is 0 Å². The molecule has 0 saturated carbocycles. The molecule has 0 N–H and O–H groups in total. The van der Waals surface area contributed by atoms with Gasteiger partial charge in [0.25, 0.3) is 5.24 Å². The summed E-state index contributed by atoms with van der Waals surface area (Å²) in [4.78, 5) is 10.7. The molecule has 0 aliphatic rings. The van der Waals surface area contributed by atoms with Crippen LogP contribution in [0.3, 0.4) is 0 Å². The third-order valence-corrected chi connectivity index (χ3v) is 1.64. The normalized spacial score (nSPS) is 8.54. The highest BCUT2D eigenvalue weighted by Gasteiger charge is 2.05. The van der Waals surface area contributed by atoms with Crippen molar-refractivity contribution in [1.29, 1.82) is 10.5 Å². The predicted octanol–water partition coefficient (Wildman–Crippen LogP) is 1.81. The number of carbonyl (C=O) groups is 1. The first-order chi connectivity index (χ1) is 6.17. The summed E-state index contributed by atoms with van der Waals surface area (Å²) in [5.41, 5.74) is 0.670. The lowest BCUT2D eigenvalue weighted by Crippen LogP contribution is -1.91. The predicted molar refractivity (Wildman–Crippen MR) is 46.1 cm³/mol. The molecule has 0 atom stereocenters. The van der Waals surface area contributed by atoms with Gasteiger partial charge in [-0.15, -0.1) is 0 Å². The van der Waals surface area contributed by atoms with Crippen LogP contribution in [0.4, 0.5) is 0 Å². The zero-order chi connectivity index (χ0) is 9.84. The first-order valence-electron chi connectivity index (χ1n) is 3.32. The molecule has 0 aliphatic carbocycles. The van der Waals surface area contributed by atoms with Crippen LogP contribution in [-0.2, 0) is 0 Å². The first-order valence-corrected chi connectivity index (χ1v) is 3.70. The van der Waals surface area contributed by atoms with Crippen LogP contribution in [0.2, 0.25) is 0 Å². The van der Waals surface area contributed by atoms with E-state index in [1.54, 1.807) is 0 Å². The molecule has 1 aromatic rings. The molecular weight excluding hydrogens is 188 g/mol. The van der Waals surface area contributed by atoms with Gasteiger partial charge in [0.1, 0.15) is 0 Å². The van der Waals surface area contributed by atoms with Crippen molar-refractivity contribution in [3.63, 3.8) is 0 Å². The van der Waals surface area contributed by atoms with Crippen LogP contribution in [-0.4, -0.2) is 5.24 Å². The largest absolute Gasteiger partial charge is 0.276 e. The Morgan fingerprint density at radius 3 is 1.92 bits per heavy atom. The summed E-state index contributed by atoms with van der Waals surface area (Å²) in [5.74, 6) is 0. The molecule has 0 aliphatic heterocycles. The van der Waals surface area contributed by atoms with Gasteiger partial charge < -0.3 is 0 Å². The number of benzene rings is 1. The summed E-state index contributed by atoms with van der Waals surface area (Å²) in [6, 6.07) is 7.75. The van der Waals surface area contributed by atoms with E-state index in [1.807, 2.05) is 12.1 Å². The average molecular weight is 191 g/mol. The molecule has 1 aromatic carbocycles. The summed E-state index contributed by atoms with van der Waals surface area (Å²) in [5, 5.41) is 16.4. The Morgan fingerprint density at radius 1 is 1.15 bits per heavy atom. The van der Waals surface area contributed by atoms with Crippen LogP contribution < -0.4 is 0 Å². The fraction of sp³-hybridized carbons (Fsp3) is 0. The average Bonchev–Trinajstić information content (AvgIpc) is 2.16. The summed E-state index contributed by atoms with van der Waals surface area (Å²) in [6.45, 7) is 0. The van der Waals surface area contributed by atoms with Crippen molar-refractivity contribution < 1.29 is 4.79 Å². The van der Waals surface area contributed by atoms with Crippen molar-refractivity contribution in [1.82, 2.24) is 0 Å². The van der Waals surface area contributed by atoms with Gasteiger partial charge in [0.2, 0.25) is 0 Å². The Balaban J connectivity index is 3.35. The summed E-state index contributed by atoms with van der Waals surface area (Å²) in [6.07, 6.45) is 0. The smallest absolute Gasteiger partial charge is 0.252 e. The molecule has 0 aromatic heterocycles. The minimum atomic E-state index is -0.673. The van der Waals surface area contributed by atoms with Gasteiger partial charge in [0, 0.05) is 5.56 Å². The van der Waals surface area contributed by atoms with Crippen molar-refractivity contribution in [3.05, 3.63) is 34.9 Å². The third kappa shape index (κ3) is 2.05. The summed E-state index contributed by atoms with van der Waals surface area (Å²) in [7, 11) is 0. The maximum atomic E-state index is 10.7. The van der Waals surface area contributed by atoms with Gasteiger partial charge in [-0.1, -0.05) is 0 Å². The SMILES string of the molecule is N#Cc1cc(C#N)cc(C(=O)Cl)c1. The molecule has 1 rings (SSSR count). The Morgan fingerprint density at radius 2 is 1.62 bits per heavy atom. The molecule has 62 valence electrons. The molecule has 3 nitrogen and oxygen atoms in total. The van der Waals surface area contributed by atoms with E-state index in [-0.39, 0.29) is 16.7 Å². The second kappa shape index (κ2) is 3.71. The zero-order valence-corrected chi connectivity index (χ0v) is 7.17. The Labute approximate surface area is 79.8 Å². The highest BCUT2D eigenvalue weighted by molar-refractivity contribution is 6.67. The number of nitriles is 2. The van der Waals surface area contributed by atoms with Crippen LogP contribution in [0, 0.1) is 22.7 Å². The lowest BCUT2D eigenvalue weighted by Gasteiger charge is -1.95. The number of halogens is 1. The molecule has 0 heterocycles. The Kier molecular flexibility index (Phi) is 2.64. The number of hydrogen-bond acceptors (Lipinski definition) is 3.